The van der Waals surface area contributed by atoms with E-state index in [1.54, 1.807) is 12.1 Å². The second-order valence-corrected chi connectivity index (χ2v) is 4.68. The second-order valence-electron chi connectivity index (χ2n) is 4.68. The maximum atomic E-state index is 12.2. The first-order chi connectivity index (χ1) is 9.54. The Kier molecular flexibility index (Phi) is 2.75. The summed E-state index contributed by atoms with van der Waals surface area (Å²) in [5.41, 5.74) is 0.934. The molecule has 1 aliphatic rings. The molecule has 102 valence electrons. The fraction of sp³-hybridized carbons (Fsp3) is 0.133. The van der Waals surface area contributed by atoms with E-state index in [1.165, 1.54) is 18.2 Å². The van der Waals surface area contributed by atoms with Crippen LogP contribution in [0.4, 0.5) is 0 Å². The Morgan fingerprint density at radius 1 is 1.00 bits per heavy atom. The molecule has 20 heavy (non-hydrogen) atoms. The molecule has 2 aromatic rings. The minimum absolute atomic E-state index is 0.103. The van der Waals surface area contributed by atoms with Gasteiger partial charge in [0, 0.05) is 18.6 Å². The molecule has 0 aliphatic carbocycles. The summed E-state index contributed by atoms with van der Waals surface area (Å²) in [5.74, 6) is -0.405. The predicted molar refractivity (Wildman–Crippen MR) is 70.3 cm³/mol. The molecule has 1 unspecified atom stereocenters. The third kappa shape index (κ3) is 2.03. The highest BCUT2D eigenvalue weighted by Gasteiger charge is 2.35. The lowest BCUT2D eigenvalue weighted by Crippen LogP contribution is -2.23. The van der Waals surface area contributed by atoms with E-state index in [9.17, 15) is 20.1 Å². The Morgan fingerprint density at radius 3 is 2.40 bits per heavy atom. The Morgan fingerprint density at radius 2 is 1.70 bits per heavy atom. The average Bonchev–Trinajstić information content (AvgIpc) is 2.69. The van der Waals surface area contributed by atoms with Crippen molar-refractivity contribution in [3.8, 4) is 23.0 Å². The normalized spacial score (nSPS) is 16.8. The molecule has 5 nitrogen and oxygen atoms in total. The number of Topliss-reactive ketones (excluding diaryl/α,β-unsaturated/α-hetero) is 1. The summed E-state index contributed by atoms with van der Waals surface area (Å²) in [6.45, 7) is 0. The molecule has 0 saturated heterocycles. The molecule has 0 fully saturated rings. The number of ketones is 1. The molecular formula is C15H12O5. The van der Waals surface area contributed by atoms with Crippen molar-refractivity contribution in [2.45, 2.75) is 12.5 Å². The third-order valence-corrected chi connectivity index (χ3v) is 3.23. The average molecular weight is 272 g/mol. The Balaban J connectivity index is 1.87. The lowest BCUT2D eigenvalue weighted by Gasteiger charge is -2.09. The molecule has 5 heteroatoms. The number of carbonyl (C=O) groups excluding carboxylic acids is 1. The molecule has 1 atom stereocenters. The van der Waals surface area contributed by atoms with E-state index >= 15 is 0 Å². The maximum Gasteiger partial charge on any atom is 0.211 e. The van der Waals surface area contributed by atoms with Gasteiger partial charge >= 0.3 is 0 Å². The maximum absolute atomic E-state index is 12.2. The number of fused-ring (bicyclic) bond motifs is 1. The van der Waals surface area contributed by atoms with Gasteiger partial charge in [-0.1, -0.05) is 12.1 Å². The van der Waals surface area contributed by atoms with Crippen LogP contribution in [0, 0.1) is 0 Å². The summed E-state index contributed by atoms with van der Waals surface area (Å²) in [6.07, 6.45) is -0.407. The van der Waals surface area contributed by atoms with Crippen molar-refractivity contribution < 1.29 is 24.9 Å². The minimum Gasteiger partial charge on any atom is -0.508 e. The van der Waals surface area contributed by atoms with E-state index in [-0.39, 0.29) is 34.3 Å². The van der Waals surface area contributed by atoms with E-state index < -0.39 is 6.10 Å². The highest BCUT2D eigenvalue weighted by atomic mass is 16.5. The molecule has 0 saturated carbocycles. The summed E-state index contributed by atoms with van der Waals surface area (Å²) >= 11 is 0. The van der Waals surface area contributed by atoms with E-state index in [0.717, 1.165) is 11.6 Å². The zero-order valence-corrected chi connectivity index (χ0v) is 10.4. The zero-order chi connectivity index (χ0) is 14.3. The number of carbonyl (C=O) groups is 1. The van der Waals surface area contributed by atoms with E-state index in [1.807, 2.05) is 0 Å². The van der Waals surface area contributed by atoms with Gasteiger partial charge in [-0.05, 0) is 17.7 Å². The number of rotatable bonds is 2. The number of hydrogen-bond acceptors (Lipinski definition) is 5. The quantitative estimate of drug-likeness (QED) is 0.778. The Labute approximate surface area is 114 Å². The van der Waals surface area contributed by atoms with Crippen molar-refractivity contribution in [2.75, 3.05) is 0 Å². The predicted octanol–water partition coefficient (Wildman–Crippen LogP) is 1.99. The summed E-state index contributed by atoms with van der Waals surface area (Å²) in [7, 11) is 0. The standard InChI is InChI=1S/C15H12O5/c16-9-3-1-8(2-4-9)5-13-15(19)14-11(18)6-10(17)7-12(14)20-13/h1-4,6-7,13,16-18H,5H2. The number of ether oxygens (including phenoxy) is 1. The van der Waals surface area contributed by atoms with Gasteiger partial charge in [0.15, 0.2) is 6.10 Å². The van der Waals surface area contributed by atoms with Crippen LogP contribution in [0.25, 0.3) is 0 Å². The Bertz CT molecular complexity index is 675. The van der Waals surface area contributed by atoms with Crippen LogP contribution < -0.4 is 4.74 Å². The summed E-state index contributed by atoms with van der Waals surface area (Å²) < 4.78 is 5.48. The smallest absolute Gasteiger partial charge is 0.211 e. The van der Waals surface area contributed by atoms with Crippen LogP contribution in [-0.2, 0) is 6.42 Å². The highest BCUT2D eigenvalue weighted by molar-refractivity contribution is 6.07. The zero-order valence-electron chi connectivity index (χ0n) is 10.4. The fourth-order valence-electron chi connectivity index (χ4n) is 2.28. The molecule has 3 N–H and O–H groups in total. The number of aromatic hydroxyl groups is 3. The minimum atomic E-state index is -0.734. The lowest BCUT2D eigenvalue weighted by molar-refractivity contribution is 0.0856. The molecule has 1 heterocycles. The first-order valence-electron chi connectivity index (χ1n) is 6.09. The summed E-state index contributed by atoms with van der Waals surface area (Å²) in [5, 5.41) is 28.3. The van der Waals surface area contributed by atoms with Crippen molar-refractivity contribution >= 4 is 5.78 Å². The molecule has 3 rings (SSSR count). The van der Waals surface area contributed by atoms with Crippen LogP contribution >= 0.6 is 0 Å². The first kappa shape index (κ1) is 12.3. The number of phenolic OH excluding ortho intramolecular Hbond substituents is 3. The third-order valence-electron chi connectivity index (χ3n) is 3.23. The van der Waals surface area contributed by atoms with Gasteiger partial charge < -0.3 is 20.1 Å². The largest absolute Gasteiger partial charge is 0.508 e. The monoisotopic (exact) mass is 272 g/mol. The van der Waals surface area contributed by atoms with Crippen molar-refractivity contribution in [2.24, 2.45) is 0 Å². The molecule has 0 spiro atoms. The van der Waals surface area contributed by atoms with Gasteiger partial charge in [0.1, 0.15) is 28.6 Å². The second kappa shape index (κ2) is 4.45. The molecule has 0 radical (unpaired) electrons. The van der Waals surface area contributed by atoms with Gasteiger partial charge in [-0.2, -0.15) is 0 Å². The molecule has 2 aromatic carbocycles. The van der Waals surface area contributed by atoms with Crippen molar-refractivity contribution in [3.63, 3.8) is 0 Å². The lowest BCUT2D eigenvalue weighted by atomic mass is 10.0. The SMILES string of the molecule is O=C1c2c(O)cc(O)cc2OC1Cc1ccc(O)cc1. The van der Waals surface area contributed by atoms with Crippen LogP contribution in [0.5, 0.6) is 23.0 Å². The van der Waals surface area contributed by atoms with Gasteiger partial charge in [-0.15, -0.1) is 0 Å². The Hall–Kier alpha value is -2.69. The van der Waals surface area contributed by atoms with Gasteiger partial charge in [0.05, 0.1) is 0 Å². The van der Waals surface area contributed by atoms with Gasteiger partial charge in [0.25, 0.3) is 0 Å². The van der Waals surface area contributed by atoms with E-state index in [2.05, 4.69) is 0 Å². The molecule has 0 aromatic heterocycles. The van der Waals surface area contributed by atoms with Crippen LogP contribution in [-0.4, -0.2) is 27.2 Å². The first-order valence-corrected chi connectivity index (χ1v) is 6.09. The van der Waals surface area contributed by atoms with Crippen molar-refractivity contribution in [1.82, 2.24) is 0 Å². The molecular weight excluding hydrogens is 260 g/mol. The number of hydrogen-bond donors (Lipinski definition) is 3. The van der Waals surface area contributed by atoms with Crippen LogP contribution in [0.3, 0.4) is 0 Å². The summed E-state index contributed by atoms with van der Waals surface area (Å²) in [4.78, 5) is 12.2. The summed E-state index contributed by atoms with van der Waals surface area (Å²) in [6, 6.07) is 8.89. The molecule has 0 bridgehead atoms. The number of benzene rings is 2. The van der Waals surface area contributed by atoms with Crippen LogP contribution in [0.2, 0.25) is 0 Å². The van der Waals surface area contributed by atoms with Crippen molar-refractivity contribution in [1.29, 1.82) is 0 Å². The van der Waals surface area contributed by atoms with Crippen LogP contribution in [0.15, 0.2) is 36.4 Å². The van der Waals surface area contributed by atoms with E-state index in [4.69, 9.17) is 4.74 Å². The van der Waals surface area contributed by atoms with Gasteiger partial charge in [-0.25, -0.2) is 0 Å². The van der Waals surface area contributed by atoms with Gasteiger partial charge in [-0.3, -0.25) is 4.79 Å². The topological polar surface area (TPSA) is 87.0 Å². The highest BCUT2D eigenvalue weighted by Crippen LogP contribution is 2.39. The van der Waals surface area contributed by atoms with Gasteiger partial charge in [0.2, 0.25) is 5.78 Å². The molecule has 1 aliphatic heterocycles. The fourth-order valence-corrected chi connectivity index (χ4v) is 2.28. The van der Waals surface area contributed by atoms with E-state index in [0.29, 0.717) is 6.42 Å². The van der Waals surface area contributed by atoms with Crippen LogP contribution in [0.1, 0.15) is 15.9 Å². The number of phenols is 3. The molecule has 0 amide bonds. The van der Waals surface area contributed by atoms with Crippen molar-refractivity contribution in [3.05, 3.63) is 47.5 Å².